The summed E-state index contributed by atoms with van der Waals surface area (Å²) in [5.74, 6) is -3.77. The first-order chi connectivity index (χ1) is 12.9. The number of amides is 2. The lowest BCUT2D eigenvalue weighted by Gasteiger charge is -2.17. The highest BCUT2D eigenvalue weighted by Crippen LogP contribution is 2.34. The molecule has 1 saturated heterocycles. The largest absolute Gasteiger partial charge is 0.481 e. The Hall–Kier alpha value is -3.22. The zero-order valence-electron chi connectivity index (χ0n) is 14.7. The maximum absolute atomic E-state index is 14.2. The van der Waals surface area contributed by atoms with Crippen LogP contribution in [0.5, 0.6) is 0 Å². The number of hydrogen-bond donors (Lipinski definition) is 2. The fraction of sp³-hybridized carbons (Fsp3) is 0.250. The summed E-state index contributed by atoms with van der Waals surface area (Å²) in [7, 11) is 0. The molecule has 2 N–H and O–H groups in total. The summed E-state index contributed by atoms with van der Waals surface area (Å²) in [6.07, 6.45) is 0. The van der Waals surface area contributed by atoms with Crippen LogP contribution in [0.1, 0.15) is 28.8 Å². The van der Waals surface area contributed by atoms with E-state index in [4.69, 9.17) is 0 Å². The van der Waals surface area contributed by atoms with Crippen molar-refractivity contribution in [3.63, 3.8) is 0 Å². The Bertz CT molecular complexity index is 885. The van der Waals surface area contributed by atoms with Crippen molar-refractivity contribution in [2.24, 2.45) is 5.92 Å². The van der Waals surface area contributed by atoms with Gasteiger partial charge in [0.2, 0.25) is 5.91 Å². The van der Waals surface area contributed by atoms with Crippen LogP contribution < -0.4 is 5.32 Å². The Morgan fingerprint density at radius 1 is 1.11 bits per heavy atom. The Balaban J connectivity index is 1.87. The number of hydrogen-bond acceptors (Lipinski definition) is 3. The highest BCUT2D eigenvalue weighted by Gasteiger charge is 2.41. The zero-order chi connectivity index (χ0) is 19.6. The number of carbonyl (C=O) groups excluding carboxylic acids is 2. The number of carboxylic acids is 1. The summed E-state index contributed by atoms with van der Waals surface area (Å²) >= 11 is 0. The number of rotatable bonds is 4. The predicted octanol–water partition coefficient (Wildman–Crippen LogP) is 2.72. The molecular weight excluding hydrogens is 351 g/mol. The molecule has 0 aliphatic carbocycles. The van der Waals surface area contributed by atoms with Gasteiger partial charge in [0.05, 0.1) is 11.5 Å². The van der Waals surface area contributed by atoms with E-state index in [0.29, 0.717) is 5.69 Å². The maximum Gasteiger partial charge on any atom is 0.308 e. The van der Waals surface area contributed by atoms with Crippen molar-refractivity contribution in [1.29, 1.82) is 0 Å². The van der Waals surface area contributed by atoms with E-state index >= 15 is 0 Å². The number of carbonyl (C=O) groups is 3. The molecule has 140 valence electrons. The van der Waals surface area contributed by atoms with Gasteiger partial charge in [-0.2, -0.15) is 0 Å². The van der Waals surface area contributed by atoms with E-state index in [9.17, 15) is 23.9 Å². The van der Waals surface area contributed by atoms with E-state index in [1.54, 1.807) is 0 Å². The van der Waals surface area contributed by atoms with Gasteiger partial charge in [0, 0.05) is 31.6 Å². The fourth-order valence-corrected chi connectivity index (χ4v) is 3.40. The number of carboxylic acid groups (broad SMARTS) is 1. The van der Waals surface area contributed by atoms with Gasteiger partial charge in [-0.05, 0) is 23.8 Å². The third-order valence-electron chi connectivity index (χ3n) is 4.67. The van der Waals surface area contributed by atoms with Crippen molar-refractivity contribution in [2.45, 2.75) is 12.8 Å². The Morgan fingerprint density at radius 3 is 2.44 bits per heavy atom. The summed E-state index contributed by atoms with van der Waals surface area (Å²) in [5, 5.41) is 12.1. The van der Waals surface area contributed by atoms with E-state index in [1.165, 1.54) is 24.0 Å². The molecule has 7 heteroatoms. The van der Waals surface area contributed by atoms with E-state index in [0.717, 1.165) is 11.6 Å². The molecular formula is C20H19FN2O4. The van der Waals surface area contributed by atoms with Crippen molar-refractivity contribution < 1.29 is 23.9 Å². The van der Waals surface area contributed by atoms with E-state index in [-0.39, 0.29) is 30.5 Å². The molecule has 1 aliphatic heterocycles. The molecule has 0 radical (unpaired) electrons. The molecule has 1 heterocycles. The second-order valence-corrected chi connectivity index (χ2v) is 6.55. The number of nitrogens with zero attached hydrogens (tertiary/aromatic N) is 1. The summed E-state index contributed by atoms with van der Waals surface area (Å²) in [6.45, 7) is 1.49. The molecule has 1 fully saturated rings. The van der Waals surface area contributed by atoms with Crippen LogP contribution in [0, 0.1) is 11.7 Å². The summed E-state index contributed by atoms with van der Waals surface area (Å²) < 4.78 is 14.2. The Morgan fingerprint density at radius 2 is 1.81 bits per heavy atom. The van der Waals surface area contributed by atoms with Gasteiger partial charge < -0.3 is 15.3 Å². The molecule has 1 aliphatic rings. The zero-order valence-corrected chi connectivity index (χ0v) is 14.7. The van der Waals surface area contributed by atoms with E-state index < -0.39 is 23.6 Å². The van der Waals surface area contributed by atoms with Gasteiger partial charge >= 0.3 is 5.97 Å². The molecule has 27 heavy (non-hydrogen) atoms. The molecule has 2 aromatic carbocycles. The summed E-state index contributed by atoms with van der Waals surface area (Å²) in [5.41, 5.74) is 0.938. The van der Waals surface area contributed by atoms with Crippen LogP contribution in [0.2, 0.25) is 0 Å². The normalized spacial score (nSPS) is 19.0. The van der Waals surface area contributed by atoms with Crippen molar-refractivity contribution >= 4 is 23.5 Å². The average molecular weight is 370 g/mol. The highest BCUT2D eigenvalue weighted by atomic mass is 19.1. The van der Waals surface area contributed by atoms with Gasteiger partial charge in [0.25, 0.3) is 5.91 Å². The molecule has 6 nitrogen and oxygen atoms in total. The maximum atomic E-state index is 14.2. The van der Waals surface area contributed by atoms with Crippen molar-refractivity contribution in [1.82, 2.24) is 4.90 Å². The molecule has 3 rings (SSSR count). The molecule has 2 aromatic rings. The van der Waals surface area contributed by atoms with Gasteiger partial charge in [0.1, 0.15) is 5.82 Å². The number of anilines is 1. The van der Waals surface area contributed by atoms with Crippen molar-refractivity contribution in [2.75, 3.05) is 18.4 Å². The number of aliphatic carboxylic acids is 1. The molecule has 0 unspecified atom stereocenters. The number of nitrogens with one attached hydrogen (secondary N) is 1. The van der Waals surface area contributed by atoms with Crippen LogP contribution >= 0.6 is 0 Å². The smallest absolute Gasteiger partial charge is 0.308 e. The van der Waals surface area contributed by atoms with Crippen LogP contribution in [0.3, 0.4) is 0 Å². The van der Waals surface area contributed by atoms with Gasteiger partial charge in [-0.15, -0.1) is 0 Å². The quantitative estimate of drug-likeness (QED) is 0.866. The number of halogens is 1. The van der Waals surface area contributed by atoms with Gasteiger partial charge in [-0.3, -0.25) is 14.4 Å². The van der Waals surface area contributed by atoms with Gasteiger partial charge in [0.15, 0.2) is 0 Å². The monoisotopic (exact) mass is 370 g/mol. The SMILES string of the molecule is CC(=O)Nc1ccc(F)c(C(=O)N2C[C@H](C(=O)O)[C@H](c3ccccc3)C2)c1. The second kappa shape index (κ2) is 7.57. The van der Waals surface area contributed by atoms with Gasteiger partial charge in [-0.25, -0.2) is 4.39 Å². The fourth-order valence-electron chi connectivity index (χ4n) is 3.40. The molecule has 2 atom stereocenters. The Kier molecular flexibility index (Phi) is 5.21. The standard InChI is InChI=1S/C20H19FN2O4/c1-12(24)22-14-7-8-18(21)15(9-14)19(25)23-10-16(17(11-23)20(26)27)13-5-3-2-4-6-13/h2-9,16-17H,10-11H2,1H3,(H,22,24)(H,26,27)/t16-,17-/m0/s1. The minimum Gasteiger partial charge on any atom is -0.481 e. The first-order valence-corrected chi connectivity index (χ1v) is 8.51. The van der Waals surface area contributed by atoms with Crippen LogP contribution in [0.15, 0.2) is 48.5 Å². The Labute approximate surface area is 155 Å². The minimum absolute atomic E-state index is 0.00245. The van der Waals surface area contributed by atoms with Gasteiger partial charge in [-0.1, -0.05) is 30.3 Å². The summed E-state index contributed by atoms with van der Waals surface area (Å²) in [4.78, 5) is 37.0. The first-order valence-electron chi connectivity index (χ1n) is 8.51. The topological polar surface area (TPSA) is 86.7 Å². The lowest BCUT2D eigenvalue weighted by Crippen LogP contribution is -2.30. The lowest BCUT2D eigenvalue weighted by molar-refractivity contribution is -0.141. The third kappa shape index (κ3) is 3.97. The predicted molar refractivity (Wildman–Crippen MR) is 96.9 cm³/mol. The molecule has 0 aromatic heterocycles. The molecule has 2 amide bonds. The minimum atomic E-state index is -0.994. The van der Waals surface area contributed by atoms with Crippen LogP contribution in [-0.2, 0) is 9.59 Å². The molecule has 0 spiro atoms. The first kappa shape index (κ1) is 18.6. The van der Waals surface area contributed by atoms with Crippen LogP contribution in [0.25, 0.3) is 0 Å². The third-order valence-corrected chi connectivity index (χ3v) is 4.67. The molecule has 0 saturated carbocycles. The van der Waals surface area contributed by atoms with E-state index in [1.807, 2.05) is 30.3 Å². The average Bonchev–Trinajstić information content (AvgIpc) is 3.09. The van der Waals surface area contributed by atoms with E-state index in [2.05, 4.69) is 5.32 Å². The van der Waals surface area contributed by atoms with Crippen molar-refractivity contribution in [3.05, 3.63) is 65.5 Å². The number of likely N-dealkylation sites (tertiary alicyclic amines) is 1. The van der Waals surface area contributed by atoms with Crippen molar-refractivity contribution in [3.8, 4) is 0 Å². The van der Waals surface area contributed by atoms with Crippen LogP contribution in [-0.4, -0.2) is 40.9 Å². The number of benzene rings is 2. The van der Waals surface area contributed by atoms with Crippen LogP contribution in [0.4, 0.5) is 10.1 Å². The summed E-state index contributed by atoms with van der Waals surface area (Å²) in [6, 6.07) is 12.9. The second-order valence-electron chi connectivity index (χ2n) is 6.55. The lowest BCUT2D eigenvalue weighted by atomic mass is 9.89. The molecule has 0 bridgehead atoms. The highest BCUT2D eigenvalue weighted by molar-refractivity contribution is 5.97.